The lowest BCUT2D eigenvalue weighted by molar-refractivity contribution is 0.0533. The minimum atomic E-state index is -0.710. The third-order valence-corrected chi connectivity index (χ3v) is 6.22. The number of methoxy groups -OCH3 is 1. The van der Waals surface area contributed by atoms with Crippen molar-refractivity contribution in [1.29, 1.82) is 0 Å². The summed E-state index contributed by atoms with van der Waals surface area (Å²) in [6, 6.07) is 14.0. The second-order valence-electron chi connectivity index (χ2n) is 10.1. The molecule has 0 aliphatic rings. The van der Waals surface area contributed by atoms with Crippen LogP contribution in [-0.4, -0.2) is 47.0 Å². The van der Waals surface area contributed by atoms with Crippen LogP contribution < -0.4 is 5.32 Å². The van der Waals surface area contributed by atoms with Gasteiger partial charge in [-0.15, -0.1) is 0 Å². The van der Waals surface area contributed by atoms with E-state index in [0.717, 1.165) is 10.7 Å². The Balaban J connectivity index is 1.79. The van der Waals surface area contributed by atoms with Crippen molar-refractivity contribution >= 4 is 40.5 Å². The van der Waals surface area contributed by atoms with Gasteiger partial charge in [-0.05, 0) is 75.7 Å². The number of fused-ring (bicyclic) bond motifs is 1. The van der Waals surface area contributed by atoms with Gasteiger partial charge in [0.05, 0.1) is 35.3 Å². The molecule has 210 valence electrons. The quantitative estimate of drug-likeness (QED) is 0.231. The summed E-state index contributed by atoms with van der Waals surface area (Å²) in [7, 11) is 1.21. The molecule has 0 saturated carbocycles. The van der Waals surface area contributed by atoms with Crippen LogP contribution in [0.15, 0.2) is 54.6 Å². The molecule has 4 rings (SSSR count). The van der Waals surface area contributed by atoms with E-state index in [9.17, 15) is 14.4 Å². The molecule has 10 heteroatoms. The highest BCUT2D eigenvalue weighted by atomic mass is 35.5. The van der Waals surface area contributed by atoms with Crippen LogP contribution in [0.1, 0.15) is 52.6 Å². The van der Waals surface area contributed by atoms with Gasteiger partial charge in [0, 0.05) is 16.5 Å². The predicted octanol–water partition coefficient (Wildman–Crippen LogP) is 6.16. The summed E-state index contributed by atoms with van der Waals surface area (Å²) >= 11 is 6.38. The van der Waals surface area contributed by atoms with Gasteiger partial charge < -0.3 is 14.8 Å². The Labute approximate surface area is 241 Å². The molecule has 1 N–H and O–H groups in total. The lowest BCUT2D eigenvalue weighted by Crippen LogP contribution is -2.32. The number of amides is 1. The molecule has 0 unspecified atom stereocenters. The summed E-state index contributed by atoms with van der Waals surface area (Å²) in [5, 5.41) is 7.79. The van der Waals surface area contributed by atoms with Crippen LogP contribution >= 0.6 is 11.6 Å². The maximum atomic E-state index is 15.2. The van der Waals surface area contributed by atoms with Gasteiger partial charge >= 0.3 is 12.1 Å². The average Bonchev–Trinajstić information content (AvgIpc) is 3.28. The number of hydrogen-bond donors (Lipinski definition) is 1. The molecule has 0 spiro atoms. The van der Waals surface area contributed by atoms with Gasteiger partial charge in [0.2, 0.25) is 0 Å². The van der Waals surface area contributed by atoms with E-state index >= 15 is 4.39 Å². The van der Waals surface area contributed by atoms with Crippen molar-refractivity contribution < 1.29 is 28.2 Å². The molecule has 41 heavy (non-hydrogen) atoms. The van der Waals surface area contributed by atoms with Crippen LogP contribution in [0.4, 0.5) is 9.18 Å². The second kappa shape index (κ2) is 11.8. The number of aryl methyl sites for hydroxylation is 1. The van der Waals surface area contributed by atoms with Gasteiger partial charge in [-0.3, -0.25) is 4.79 Å². The predicted molar refractivity (Wildman–Crippen MR) is 153 cm³/mol. The first-order valence-electron chi connectivity index (χ1n) is 12.6. The minimum Gasteiger partial charge on any atom is -0.465 e. The maximum Gasteiger partial charge on any atom is 0.408 e. The largest absolute Gasteiger partial charge is 0.465 e. The summed E-state index contributed by atoms with van der Waals surface area (Å²) in [6.07, 6.45) is -0.592. The van der Waals surface area contributed by atoms with Gasteiger partial charge in [0.25, 0.3) is 5.91 Å². The molecule has 1 aromatic heterocycles. The summed E-state index contributed by atoms with van der Waals surface area (Å²) in [5.74, 6) is 3.90. The number of hydrogen-bond acceptors (Lipinski definition) is 6. The number of esters is 1. The standard InChI is InChI=1S/C31H27ClFN3O5/c1-18-8-6-10-23(32)26(18)28(37)36-25-16-19(9-7-15-34-30(39)41-31(2,3)4)11-13-22(25)27(35-36)21-14-12-20(17-24(21)33)29(38)40-5/h6,8,10-14,16-17H,15H2,1-5H3,(H,34,39). The molecule has 0 radical (unpaired) electrons. The Morgan fingerprint density at radius 3 is 2.51 bits per heavy atom. The molecule has 0 aliphatic carbocycles. The van der Waals surface area contributed by atoms with Crippen LogP contribution in [-0.2, 0) is 9.47 Å². The fraction of sp³-hybridized carbons (Fsp3) is 0.226. The van der Waals surface area contributed by atoms with E-state index in [1.807, 2.05) is 0 Å². The third-order valence-electron chi connectivity index (χ3n) is 5.91. The molecular formula is C31H27ClFN3O5. The van der Waals surface area contributed by atoms with Gasteiger partial charge in [-0.1, -0.05) is 35.6 Å². The maximum absolute atomic E-state index is 15.2. The number of halogens is 2. The third kappa shape index (κ3) is 6.56. The zero-order chi connectivity index (χ0) is 29.9. The summed E-state index contributed by atoms with van der Waals surface area (Å²) in [4.78, 5) is 37.5. The van der Waals surface area contributed by atoms with Crippen molar-refractivity contribution in [3.63, 3.8) is 0 Å². The molecule has 3 aromatic carbocycles. The molecule has 0 bridgehead atoms. The van der Waals surface area contributed by atoms with Crippen molar-refractivity contribution in [2.75, 3.05) is 13.7 Å². The van der Waals surface area contributed by atoms with Gasteiger partial charge in [-0.25, -0.2) is 14.0 Å². The van der Waals surface area contributed by atoms with Crippen molar-refractivity contribution in [3.05, 3.63) is 87.7 Å². The number of nitrogens with one attached hydrogen (secondary N) is 1. The van der Waals surface area contributed by atoms with Gasteiger partial charge in [0.15, 0.2) is 0 Å². The summed E-state index contributed by atoms with van der Waals surface area (Å²) in [6.45, 7) is 7.07. The van der Waals surface area contributed by atoms with Crippen molar-refractivity contribution in [3.8, 4) is 23.1 Å². The lowest BCUT2D eigenvalue weighted by Gasteiger charge is -2.18. The van der Waals surface area contributed by atoms with E-state index in [4.69, 9.17) is 16.3 Å². The number of rotatable bonds is 4. The summed E-state index contributed by atoms with van der Waals surface area (Å²) in [5.41, 5.74) is 1.48. The monoisotopic (exact) mass is 575 g/mol. The van der Waals surface area contributed by atoms with E-state index in [1.54, 1.807) is 64.1 Å². The number of carbonyl (C=O) groups excluding carboxylic acids is 3. The van der Waals surface area contributed by atoms with Crippen LogP contribution in [0.5, 0.6) is 0 Å². The number of carbonyl (C=O) groups is 3. The number of benzene rings is 3. The Morgan fingerprint density at radius 2 is 1.85 bits per heavy atom. The fourth-order valence-corrected chi connectivity index (χ4v) is 4.39. The molecule has 1 amide bonds. The molecule has 0 saturated heterocycles. The van der Waals surface area contributed by atoms with Crippen LogP contribution in [0.25, 0.3) is 22.2 Å². The second-order valence-corrected chi connectivity index (χ2v) is 10.5. The minimum absolute atomic E-state index is 0.0347. The van der Waals surface area contributed by atoms with E-state index in [0.29, 0.717) is 22.0 Å². The average molecular weight is 576 g/mol. The number of ether oxygens (including phenoxy) is 2. The van der Waals surface area contributed by atoms with Crippen molar-refractivity contribution in [2.24, 2.45) is 0 Å². The van der Waals surface area contributed by atoms with E-state index < -0.39 is 29.4 Å². The normalized spacial score (nSPS) is 11.0. The number of alkyl carbamates (subject to hydrolysis) is 1. The zero-order valence-corrected chi connectivity index (χ0v) is 23.9. The van der Waals surface area contributed by atoms with Crippen LogP contribution in [0.2, 0.25) is 5.02 Å². The van der Waals surface area contributed by atoms with E-state index in [-0.39, 0.29) is 34.0 Å². The van der Waals surface area contributed by atoms with E-state index in [2.05, 4.69) is 27.0 Å². The summed E-state index contributed by atoms with van der Waals surface area (Å²) < 4.78 is 26.3. The van der Waals surface area contributed by atoms with E-state index in [1.165, 1.54) is 19.2 Å². The number of aromatic nitrogens is 2. The Morgan fingerprint density at radius 1 is 1.10 bits per heavy atom. The first kappa shape index (κ1) is 29.3. The van der Waals surface area contributed by atoms with Crippen LogP contribution in [0.3, 0.4) is 0 Å². The fourth-order valence-electron chi connectivity index (χ4n) is 4.08. The highest BCUT2D eigenvalue weighted by Crippen LogP contribution is 2.32. The molecule has 4 aromatic rings. The Hall–Kier alpha value is -4.68. The molecule has 0 atom stereocenters. The number of nitrogens with zero attached hydrogens (tertiary/aromatic N) is 2. The topological polar surface area (TPSA) is 99.5 Å². The zero-order valence-electron chi connectivity index (χ0n) is 23.1. The first-order chi connectivity index (χ1) is 19.4. The Kier molecular flexibility index (Phi) is 8.45. The van der Waals surface area contributed by atoms with Gasteiger partial charge in [0.1, 0.15) is 17.1 Å². The molecular weight excluding hydrogens is 549 g/mol. The molecule has 1 heterocycles. The highest BCUT2D eigenvalue weighted by Gasteiger charge is 2.23. The molecule has 0 fully saturated rings. The SMILES string of the molecule is COC(=O)c1ccc(-c2nn(C(=O)c3c(C)cccc3Cl)c3cc(C#CCNC(=O)OC(C)(C)C)ccc23)c(F)c1. The lowest BCUT2D eigenvalue weighted by atomic mass is 10.0. The Bertz CT molecular complexity index is 1720. The van der Waals surface area contributed by atoms with Crippen LogP contribution in [0, 0.1) is 24.6 Å². The molecule has 0 aliphatic heterocycles. The van der Waals surface area contributed by atoms with Gasteiger partial charge in [-0.2, -0.15) is 9.78 Å². The van der Waals surface area contributed by atoms with Crippen molar-refractivity contribution in [1.82, 2.24) is 15.1 Å². The van der Waals surface area contributed by atoms with Crippen molar-refractivity contribution in [2.45, 2.75) is 33.3 Å². The highest BCUT2D eigenvalue weighted by molar-refractivity contribution is 6.34. The molecule has 8 nitrogen and oxygen atoms in total. The smallest absolute Gasteiger partial charge is 0.408 e. The first-order valence-corrected chi connectivity index (χ1v) is 12.9.